The molecule has 100 valence electrons. The maximum Gasteiger partial charge on any atom is 0.416 e. The van der Waals surface area contributed by atoms with E-state index in [-0.39, 0.29) is 11.3 Å². The fourth-order valence-corrected chi connectivity index (χ4v) is 1.69. The zero-order valence-corrected chi connectivity index (χ0v) is 10.3. The number of hydrogen-bond acceptors (Lipinski definition) is 2. The minimum Gasteiger partial charge on any atom is -0.288 e. The molecule has 0 saturated heterocycles. The molecule has 0 spiro atoms. The van der Waals surface area contributed by atoms with Gasteiger partial charge in [0.05, 0.1) is 17.3 Å². The van der Waals surface area contributed by atoms with Crippen LogP contribution in [0.2, 0.25) is 0 Å². The van der Waals surface area contributed by atoms with Crippen LogP contribution in [0.15, 0.2) is 30.5 Å². The van der Waals surface area contributed by atoms with Crippen LogP contribution in [-0.2, 0) is 13.2 Å². The minimum absolute atomic E-state index is 0.212. The highest BCUT2D eigenvalue weighted by Gasteiger charge is 2.30. The van der Waals surface area contributed by atoms with Crippen molar-refractivity contribution in [2.75, 3.05) is 0 Å². The first kappa shape index (κ1) is 13.3. The van der Waals surface area contributed by atoms with Crippen LogP contribution < -0.4 is 0 Å². The van der Waals surface area contributed by atoms with Crippen LogP contribution in [0.3, 0.4) is 0 Å². The second-order valence-electron chi connectivity index (χ2n) is 4.17. The number of carbonyl (C=O) groups excluding carboxylic acids is 1. The Morgan fingerprint density at radius 1 is 1.21 bits per heavy atom. The summed E-state index contributed by atoms with van der Waals surface area (Å²) in [5, 5.41) is 3.94. The Morgan fingerprint density at radius 3 is 2.21 bits per heavy atom. The van der Waals surface area contributed by atoms with Crippen LogP contribution in [-0.4, -0.2) is 15.6 Å². The lowest BCUT2D eigenvalue weighted by atomic mass is 10.0. The highest BCUT2D eigenvalue weighted by atomic mass is 19.4. The van der Waals surface area contributed by atoms with Crippen molar-refractivity contribution in [3.05, 3.63) is 52.8 Å². The first-order valence-electron chi connectivity index (χ1n) is 5.51. The van der Waals surface area contributed by atoms with Gasteiger partial charge in [-0.25, -0.2) is 0 Å². The average Bonchev–Trinajstić information content (AvgIpc) is 2.68. The molecule has 1 heterocycles. The van der Waals surface area contributed by atoms with Gasteiger partial charge < -0.3 is 0 Å². The molecule has 19 heavy (non-hydrogen) atoms. The van der Waals surface area contributed by atoms with Gasteiger partial charge in [0.25, 0.3) is 0 Å². The fraction of sp³-hybridized carbons (Fsp3) is 0.231. The number of rotatable bonds is 2. The van der Waals surface area contributed by atoms with Crippen molar-refractivity contribution in [3.8, 4) is 0 Å². The molecule has 0 bridgehead atoms. The monoisotopic (exact) mass is 268 g/mol. The molecule has 2 aromatic rings. The largest absolute Gasteiger partial charge is 0.416 e. The van der Waals surface area contributed by atoms with Crippen LogP contribution in [0.1, 0.15) is 27.2 Å². The molecule has 6 heteroatoms. The van der Waals surface area contributed by atoms with Gasteiger partial charge in [0.1, 0.15) is 0 Å². The van der Waals surface area contributed by atoms with Crippen LogP contribution in [0.4, 0.5) is 13.2 Å². The molecule has 1 aromatic heterocycles. The van der Waals surface area contributed by atoms with Crippen LogP contribution in [0.25, 0.3) is 0 Å². The third-order valence-electron chi connectivity index (χ3n) is 2.95. The van der Waals surface area contributed by atoms with Gasteiger partial charge in [0.15, 0.2) is 5.78 Å². The van der Waals surface area contributed by atoms with Crippen LogP contribution >= 0.6 is 0 Å². The maximum atomic E-state index is 12.4. The van der Waals surface area contributed by atoms with Gasteiger partial charge in [0, 0.05) is 18.3 Å². The fourth-order valence-electron chi connectivity index (χ4n) is 1.69. The summed E-state index contributed by atoms with van der Waals surface area (Å²) in [5.41, 5.74) is 0.503. The maximum absolute atomic E-state index is 12.4. The summed E-state index contributed by atoms with van der Waals surface area (Å²) < 4.78 is 38.8. The van der Waals surface area contributed by atoms with E-state index in [2.05, 4.69) is 5.10 Å². The number of carbonyl (C=O) groups is 1. The molecule has 2 rings (SSSR count). The Kier molecular flexibility index (Phi) is 3.18. The smallest absolute Gasteiger partial charge is 0.288 e. The molecule has 0 aliphatic heterocycles. The topological polar surface area (TPSA) is 34.9 Å². The van der Waals surface area contributed by atoms with Crippen molar-refractivity contribution in [3.63, 3.8) is 0 Å². The van der Waals surface area contributed by atoms with Gasteiger partial charge in [-0.3, -0.25) is 9.48 Å². The van der Waals surface area contributed by atoms with E-state index < -0.39 is 11.7 Å². The Labute approximate surface area is 107 Å². The number of benzene rings is 1. The van der Waals surface area contributed by atoms with Crippen molar-refractivity contribution >= 4 is 5.78 Å². The molecule has 0 aliphatic rings. The van der Waals surface area contributed by atoms with E-state index in [4.69, 9.17) is 0 Å². The second-order valence-corrected chi connectivity index (χ2v) is 4.17. The standard InChI is InChI=1S/C13H11F3N2O/c1-8-11(7-17-18(8)2)12(19)9-3-5-10(6-4-9)13(14,15)16/h3-7H,1-2H3. The molecule has 0 N–H and O–H groups in total. The van der Waals surface area contributed by atoms with Crippen LogP contribution in [0.5, 0.6) is 0 Å². The molecule has 0 fully saturated rings. The number of alkyl halides is 3. The highest BCUT2D eigenvalue weighted by molar-refractivity contribution is 6.09. The summed E-state index contributed by atoms with van der Waals surface area (Å²) in [6.07, 6.45) is -2.98. The van der Waals surface area contributed by atoms with E-state index in [0.29, 0.717) is 11.3 Å². The van der Waals surface area contributed by atoms with Crippen LogP contribution in [0, 0.1) is 6.92 Å². The van der Waals surface area contributed by atoms with Gasteiger partial charge in [-0.15, -0.1) is 0 Å². The first-order valence-corrected chi connectivity index (χ1v) is 5.51. The van der Waals surface area contributed by atoms with Gasteiger partial charge >= 0.3 is 6.18 Å². The number of aromatic nitrogens is 2. The molecular weight excluding hydrogens is 257 g/mol. The summed E-state index contributed by atoms with van der Waals surface area (Å²) in [6.45, 7) is 1.73. The summed E-state index contributed by atoms with van der Waals surface area (Å²) >= 11 is 0. The zero-order chi connectivity index (χ0) is 14.2. The van der Waals surface area contributed by atoms with Crippen molar-refractivity contribution in [2.24, 2.45) is 7.05 Å². The van der Waals surface area contributed by atoms with Crippen molar-refractivity contribution in [2.45, 2.75) is 13.1 Å². The first-order chi connectivity index (χ1) is 8.80. The van der Waals surface area contributed by atoms with Crippen molar-refractivity contribution in [1.29, 1.82) is 0 Å². The van der Waals surface area contributed by atoms with E-state index in [1.54, 1.807) is 14.0 Å². The Hall–Kier alpha value is -2.11. The lowest BCUT2D eigenvalue weighted by Crippen LogP contribution is -2.07. The molecular formula is C13H11F3N2O. The molecule has 0 aliphatic carbocycles. The summed E-state index contributed by atoms with van der Waals surface area (Å²) in [5.74, 6) is -0.334. The van der Waals surface area contributed by atoms with Gasteiger partial charge in [-0.05, 0) is 19.1 Å². The molecule has 0 atom stereocenters. The average molecular weight is 268 g/mol. The van der Waals surface area contributed by atoms with E-state index in [9.17, 15) is 18.0 Å². The summed E-state index contributed by atoms with van der Waals surface area (Å²) in [7, 11) is 1.69. The molecule has 0 amide bonds. The molecule has 0 unspecified atom stereocenters. The quantitative estimate of drug-likeness (QED) is 0.785. The lowest BCUT2D eigenvalue weighted by Gasteiger charge is -2.07. The Balaban J connectivity index is 2.33. The van der Waals surface area contributed by atoms with Gasteiger partial charge in [0.2, 0.25) is 0 Å². The molecule has 1 aromatic carbocycles. The van der Waals surface area contributed by atoms with E-state index in [0.717, 1.165) is 12.1 Å². The normalized spacial score (nSPS) is 11.6. The Morgan fingerprint density at radius 2 is 1.79 bits per heavy atom. The molecule has 0 saturated carbocycles. The zero-order valence-electron chi connectivity index (χ0n) is 10.3. The summed E-state index contributed by atoms with van der Waals surface area (Å²) in [6, 6.07) is 4.16. The predicted octanol–water partition coefficient (Wildman–Crippen LogP) is 2.98. The second kappa shape index (κ2) is 4.53. The molecule has 0 radical (unpaired) electrons. The van der Waals surface area contributed by atoms with E-state index in [1.165, 1.54) is 23.0 Å². The number of nitrogens with zero attached hydrogens (tertiary/aromatic N) is 2. The van der Waals surface area contributed by atoms with E-state index in [1.807, 2.05) is 0 Å². The number of ketones is 1. The highest BCUT2D eigenvalue weighted by Crippen LogP contribution is 2.29. The van der Waals surface area contributed by atoms with E-state index >= 15 is 0 Å². The SMILES string of the molecule is Cc1c(C(=O)c2ccc(C(F)(F)F)cc2)cnn1C. The van der Waals surface area contributed by atoms with Gasteiger partial charge in [-0.1, -0.05) is 12.1 Å². The van der Waals surface area contributed by atoms with Crippen molar-refractivity contribution in [1.82, 2.24) is 9.78 Å². The number of halogens is 3. The van der Waals surface area contributed by atoms with Crippen molar-refractivity contribution < 1.29 is 18.0 Å². The van der Waals surface area contributed by atoms with Gasteiger partial charge in [-0.2, -0.15) is 18.3 Å². The lowest BCUT2D eigenvalue weighted by molar-refractivity contribution is -0.137. The predicted molar refractivity (Wildman–Crippen MR) is 62.8 cm³/mol. The number of hydrogen-bond donors (Lipinski definition) is 0. The third-order valence-corrected chi connectivity index (χ3v) is 2.95. The Bertz CT molecular complexity index is 612. The third kappa shape index (κ3) is 2.52. The molecule has 3 nitrogen and oxygen atoms in total. The number of aryl methyl sites for hydroxylation is 1. The summed E-state index contributed by atoms with van der Waals surface area (Å²) in [4.78, 5) is 12.1. The minimum atomic E-state index is -4.40.